The highest BCUT2D eigenvalue weighted by Gasteiger charge is 2.15. The van der Waals surface area contributed by atoms with Crippen LogP contribution in [0.1, 0.15) is 11.6 Å². The predicted octanol–water partition coefficient (Wildman–Crippen LogP) is 3.76. The Morgan fingerprint density at radius 2 is 1.81 bits per heavy atom. The van der Waals surface area contributed by atoms with Crippen molar-refractivity contribution >= 4 is 11.8 Å². The van der Waals surface area contributed by atoms with Gasteiger partial charge in [0.1, 0.15) is 11.5 Å². The highest BCUT2D eigenvalue weighted by molar-refractivity contribution is 7.99. The van der Waals surface area contributed by atoms with Crippen molar-refractivity contribution in [2.75, 3.05) is 27.0 Å². The Balaban J connectivity index is 2.13. The third kappa shape index (κ3) is 4.16. The van der Waals surface area contributed by atoms with Crippen LogP contribution in [0, 0.1) is 0 Å². The molecule has 0 aliphatic carbocycles. The quantitative estimate of drug-likeness (QED) is 0.789. The molecule has 4 heteroatoms. The molecule has 112 valence electrons. The summed E-state index contributed by atoms with van der Waals surface area (Å²) >= 11 is 1.83. The minimum atomic E-state index is 0.219. The normalized spacial score (nSPS) is 12.0. The maximum atomic E-state index is 5.49. The van der Waals surface area contributed by atoms with Gasteiger partial charge in [-0.25, -0.2) is 0 Å². The van der Waals surface area contributed by atoms with Crippen LogP contribution in [0.25, 0.3) is 0 Å². The van der Waals surface area contributed by atoms with Gasteiger partial charge in [0.05, 0.1) is 14.2 Å². The SMILES string of the molecule is CNC(CSc1ccccc1)c1ccc(OC)cc1OC. The van der Waals surface area contributed by atoms with Gasteiger partial charge < -0.3 is 14.8 Å². The molecule has 0 aliphatic heterocycles. The molecule has 3 nitrogen and oxygen atoms in total. The zero-order valence-electron chi connectivity index (χ0n) is 12.6. The van der Waals surface area contributed by atoms with Crippen LogP contribution in [-0.2, 0) is 0 Å². The van der Waals surface area contributed by atoms with Gasteiger partial charge in [0.25, 0.3) is 0 Å². The van der Waals surface area contributed by atoms with E-state index in [0.717, 1.165) is 22.8 Å². The first-order valence-electron chi connectivity index (χ1n) is 6.85. The van der Waals surface area contributed by atoms with Gasteiger partial charge in [-0.3, -0.25) is 0 Å². The average molecular weight is 303 g/mol. The fraction of sp³-hybridized carbons (Fsp3) is 0.294. The van der Waals surface area contributed by atoms with Crippen molar-refractivity contribution < 1.29 is 9.47 Å². The van der Waals surface area contributed by atoms with Gasteiger partial charge >= 0.3 is 0 Å². The van der Waals surface area contributed by atoms with E-state index < -0.39 is 0 Å². The van der Waals surface area contributed by atoms with E-state index in [1.165, 1.54) is 4.90 Å². The molecule has 0 saturated heterocycles. The summed E-state index contributed by atoms with van der Waals surface area (Å²) in [5.74, 6) is 2.59. The molecule has 2 aromatic carbocycles. The summed E-state index contributed by atoms with van der Waals surface area (Å²) in [5, 5.41) is 3.36. The van der Waals surface area contributed by atoms with Crippen LogP contribution in [0.4, 0.5) is 0 Å². The summed E-state index contributed by atoms with van der Waals surface area (Å²) in [4.78, 5) is 1.27. The van der Waals surface area contributed by atoms with Gasteiger partial charge in [0.15, 0.2) is 0 Å². The number of hydrogen-bond donors (Lipinski definition) is 1. The number of methoxy groups -OCH3 is 2. The van der Waals surface area contributed by atoms with E-state index in [1.807, 2.05) is 37.0 Å². The number of rotatable bonds is 7. The molecule has 0 aliphatic rings. The molecule has 2 aromatic rings. The maximum absolute atomic E-state index is 5.49. The van der Waals surface area contributed by atoms with E-state index in [4.69, 9.17) is 9.47 Å². The van der Waals surface area contributed by atoms with Crippen LogP contribution in [0.2, 0.25) is 0 Å². The zero-order valence-corrected chi connectivity index (χ0v) is 13.4. The molecule has 0 bridgehead atoms. The number of ether oxygens (including phenoxy) is 2. The van der Waals surface area contributed by atoms with Crippen LogP contribution in [0.15, 0.2) is 53.4 Å². The van der Waals surface area contributed by atoms with Gasteiger partial charge in [0.2, 0.25) is 0 Å². The highest BCUT2D eigenvalue weighted by Crippen LogP contribution is 2.32. The Morgan fingerprint density at radius 3 is 2.43 bits per heavy atom. The molecule has 0 fully saturated rings. The third-order valence-corrected chi connectivity index (χ3v) is 4.43. The van der Waals surface area contributed by atoms with Gasteiger partial charge in [0, 0.05) is 28.3 Å². The predicted molar refractivity (Wildman–Crippen MR) is 88.5 cm³/mol. The van der Waals surface area contributed by atoms with Crippen molar-refractivity contribution in [3.8, 4) is 11.5 Å². The van der Waals surface area contributed by atoms with Gasteiger partial charge in [-0.2, -0.15) is 0 Å². The molecule has 0 saturated carbocycles. The summed E-state index contributed by atoms with van der Waals surface area (Å²) in [6.07, 6.45) is 0. The second-order valence-corrected chi connectivity index (χ2v) is 5.67. The van der Waals surface area contributed by atoms with Crippen LogP contribution in [0.3, 0.4) is 0 Å². The highest BCUT2D eigenvalue weighted by atomic mass is 32.2. The maximum Gasteiger partial charge on any atom is 0.127 e. The van der Waals surface area contributed by atoms with E-state index in [9.17, 15) is 0 Å². The average Bonchev–Trinajstić information content (AvgIpc) is 2.56. The van der Waals surface area contributed by atoms with E-state index in [2.05, 4.69) is 35.6 Å². The Hall–Kier alpha value is -1.65. The Morgan fingerprint density at radius 1 is 1.05 bits per heavy atom. The lowest BCUT2D eigenvalue weighted by atomic mass is 10.1. The van der Waals surface area contributed by atoms with Crippen molar-refractivity contribution in [1.82, 2.24) is 5.32 Å². The minimum Gasteiger partial charge on any atom is -0.497 e. The Kier molecular flexibility index (Phi) is 5.96. The second-order valence-electron chi connectivity index (χ2n) is 4.57. The zero-order chi connectivity index (χ0) is 15.1. The first kappa shape index (κ1) is 15.7. The number of benzene rings is 2. The lowest BCUT2D eigenvalue weighted by Crippen LogP contribution is -2.19. The van der Waals surface area contributed by atoms with E-state index in [0.29, 0.717) is 0 Å². The molecule has 1 N–H and O–H groups in total. The van der Waals surface area contributed by atoms with E-state index in [1.54, 1.807) is 14.2 Å². The Bertz CT molecular complexity index is 560. The lowest BCUT2D eigenvalue weighted by molar-refractivity contribution is 0.387. The van der Waals surface area contributed by atoms with Crippen LogP contribution >= 0.6 is 11.8 Å². The minimum absolute atomic E-state index is 0.219. The third-order valence-electron chi connectivity index (χ3n) is 3.32. The van der Waals surface area contributed by atoms with Crippen LogP contribution in [0.5, 0.6) is 11.5 Å². The van der Waals surface area contributed by atoms with Gasteiger partial charge in [-0.1, -0.05) is 24.3 Å². The first-order chi connectivity index (χ1) is 10.3. The second kappa shape index (κ2) is 7.96. The summed E-state index contributed by atoms with van der Waals surface area (Å²) in [7, 11) is 5.32. The standard InChI is InChI=1S/C17H21NO2S/c1-18-16(12-21-14-7-5-4-6-8-14)15-10-9-13(19-2)11-17(15)20-3/h4-11,16,18H,12H2,1-3H3. The monoisotopic (exact) mass is 303 g/mol. The Labute approximate surface area is 130 Å². The van der Waals surface area contributed by atoms with Crippen molar-refractivity contribution in [2.45, 2.75) is 10.9 Å². The summed E-state index contributed by atoms with van der Waals surface area (Å²) in [5.41, 5.74) is 1.14. The molecular formula is C17H21NO2S. The van der Waals surface area contributed by atoms with Crippen molar-refractivity contribution in [2.24, 2.45) is 0 Å². The molecule has 1 atom stereocenters. The molecule has 0 aromatic heterocycles. The lowest BCUT2D eigenvalue weighted by Gasteiger charge is -2.19. The van der Waals surface area contributed by atoms with Crippen LogP contribution < -0.4 is 14.8 Å². The molecule has 0 heterocycles. The van der Waals surface area contributed by atoms with E-state index >= 15 is 0 Å². The van der Waals surface area contributed by atoms with Crippen molar-refractivity contribution in [3.63, 3.8) is 0 Å². The van der Waals surface area contributed by atoms with Gasteiger partial charge in [-0.05, 0) is 25.2 Å². The number of thioether (sulfide) groups is 1. The smallest absolute Gasteiger partial charge is 0.127 e. The number of nitrogens with one attached hydrogen (secondary N) is 1. The van der Waals surface area contributed by atoms with E-state index in [-0.39, 0.29) is 6.04 Å². The molecule has 2 rings (SSSR count). The van der Waals surface area contributed by atoms with Crippen molar-refractivity contribution in [3.05, 3.63) is 54.1 Å². The molecule has 0 spiro atoms. The fourth-order valence-corrected chi connectivity index (χ4v) is 3.19. The molecule has 1 unspecified atom stereocenters. The van der Waals surface area contributed by atoms with Gasteiger partial charge in [-0.15, -0.1) is 11.8 Å². The molecule has 21 heavy (non-hydrogen) atoms. The number of hydrogen-bond acceptors (Lipinski definition) is 4. The van der Waals surface area contributed by atoms with Crippen LogP contribution in [-0.4, -0.2) is 27.0 Å². The largest absolute Gasteiger partial charge is 0.497 e. The summed E-state index contributed by atoms with van der Waals surface area (Å²) in [6, 6.07) is 16.6. The summed E-state index contributed by atoms with van der Waals surface area (Å²) < 4.78 is 10.7. The summed E-state index contributed by atoms with van der Waals surface area (Å²) in [6.45, 7) is 0. The van der Waals surface area contributed by atoms with Crippen molar-refractivity contribution in [1.29, 1.82) is 0 Å². The fourth-order valence-electron chi connectivity index (χ4n) is 2.13. The molecule has 0 amide bonds. The first-order valence-corrected chi connectivity index (χ1v) is 7.84. The molecular weight excluding hydrogens is 282 g/mol. The molecule has 0 radical (unpaired) electrons. The topological polar surface area (TPSA) is 30.5 Å².